The van der Waals surface area contributed by atoms with Gasteiger partial charge in [-0.2, -0.15) is 0 Å². The van der Waals surface area contributed by atoms with Gasteiger partial charge in [0.25, 0.3) is 0 Å². The summed E-state index contributed by atoms with van der Waals surface area (Å²) in [6, 6.07) is 0.535. The summed E-state index contributed by atoms with van der Waals surface area (Å²) >= 11 is 0. The summed E-state index contributed by atoms with van der Waals surface area (Å²) in [6.07, 6.45) is 9.97. The summed E-state index contributed by atoms with van der Waals surface area (Å²) < 4.78 is 0. The number of hydrogen-bond acceptors (Lipinski definition) is 1. The van der Waals surface area contributed by atoms with Gasteiger partial charge in [-0.15, -0.1) is 0 Å². The van der Waals surface area contributed by atoms with E-state index >= 15 is 0 Å². The number of rotatable bonds is 0. The summed E-state index contributed by atoms with van der Waals surface area (Å²) in [6.45, 7) is 0. The van der Waals surface area contributed by atoms with Crippen LogP contribution in [0.4, 0.5) is 0 Å². The third kappa shape index (κ3) is 1.76. The van der Waals surface area contributed by atoms with Gasteiger partial charge in [0.1, 0.15) is 0 Å². The van der Waals surface area contributed by atoms with E-state index in [4.69, 9.17) is 5.73 Å². The van der Waals surface area contributed by atoms with Gasteiger partial charge < -0.3 is 5.73 Å². The SMILES string of the molecule is NC1CC2CCCC(CC2)C1. The molecule has 0 aromatic rings. The highest BCUT2D eigenvalue weighted by Crippen LogP contribution is 2.36. The van der Waals surface area contributed by atoms with Crippen LogP contribution in [-0.4, -0.2) is 6.04 Å². The maximum absolute atomic E-state index is 6.02. The molecule has 0 amide bonds. The smallest absolute Gasteiger partial charge is 0.00441 e. The number of fused-ring (bicyclic) bond motifs is 3. The van der Waals surface area contributed by atoms with Gasteiger partial charge in [-0.25, -0.2) is 0 Å². The molecule has 0 spiro atoms. The first kappa shape index (κ1) is 7.60. The van der Waals surface area contributed by atoms with Crippen LogP contribution in [0.25, 0.3) is 0 Å². The van der Waals surface area contributed by atoms with Crippen molar-refractivity contribution in [2.45, 2.75) is 51.0 Å². The topological polar surface area (TPSA) is 26.0 Å². The monoisotopic (exact) mass is 153 g/mol. The molecule has 2 bridgehead atoms. The highest BCUT2D eigenvalue weighted by Gasteiger charge is 2.26. The summed E-state index contributed by atoms with van der Waals surface area (Å²) in [5.74, 6) is 1.97. The first-order valence-electron chi connectivity index (χ1n) is 5.10. The Bertz CT molecular complexity index is 119. The molecule has 0 aromatic heterocycles. The lowest BCUT2D eigenvalue weighted by atomic mass is 9.89. The van der Waals surface area contributed by atoms with Crippen LogP contribution < -0.4 is 5.73 Å². The van der Waals surface area contributed by atoms with Crippen molar-refractivity contribution in [3.05, 3.63) is 0 Å². The molecule has 0 radical (unpaired) electrons. The van der Waals surface area contributed by atoms with Crippen LogP contribution in [-0.2, 0) is 0 Å². The molecular formula is C10H19N. The van der Waals surface area contributed by atoms with E-state index < -0.39 is 0 Å². The summed E-state index contributed by atoms with van der Waals surface area (Å²) in [4.78, 5) is 0. The van der Waals surface area contributed by atoms with Gasteiger partial charge in [-0.1, -0.05) is 32.1 Å². The van der Waals surface area contributed by atoms with Crippen molar-refractivity contribution in [2.24, 2.45) is 17.6 Å². The first-order chi connectivity index (χ1) is 5.34. The van der Waals surface area contributed by atoms with Crippen molar-refractivity contribution < 1.29 is 0 Å². The molecule has 1 heteroatoms. The van der Waals surface area contributed by atoms with Crippen molar-refractivity contribution in [3.63, 3.8) is 0 Å². The average Bonchev–Trinajstić information content (AvgIpc) is 2.19. The summed E-state index contributed by atoms with van der Waals surface area (Å²) in [5.41, 5.74) is 6.02. The minimum atomic E-state index is 0.535. The Hall–Kier alpha value is -0.0400. The van der Waals surface area contributed by atoms with Crippen LogP contribution in [0.1, 0.15) is 44.9 Å². The molecule has 2 aliphatic rings. The third-order valence-electron chi connectivity index (χ3n) is 3.48. The van der Waals surface area contributed by atoms with Gasteiger partial charge in [-0.05, 0) is 24.7 Å². The van der Waals surface area contributed by atoms with Crippen LogP contribution in [0.5, 0.6) is 0 Å². The second kappa shape index (κ2) is 3.14. The van der Waals surface area contributed by atoms with Crippen LogP contribution in [0.3, 0.4) is 0 Å². The maximum atomic E-state index is 6.02. The quantitative estimate of drug-likeness (QED) is 0.568. The Kier molecular flexibility index (Phi) is 2.17. The lowest BCUT2D eigenvalue weighted by Gasteiger charge is -2.20. The van der Waals surface area contributed by atoms with E-state index in [-0.39, 0.29) is 0 Å². The number of nitrogens with two attached hydrogens (primary N) is 1. The van der Waals surface area contributed by atoms with Crippen LogP contribution >= 0.6 is 0 Å². The van der Waals surface area contributed by atoms with E-state index in [0.717, 1.165) is 11.8 Å². The largest absolute Gasteiger partial charge is 0.328 e. The standard InChI is InChI=1S/C10H19N/c11-10-6-8-2-1-3-9(7-10)5-4-8/h8-10H,1-7,11H2. The molecule has 0 heterocycles. The Morgan fingerprint density at radius 2 is 1.36 bits per heavy atom. The van der Waals surface area contributed by atoms with E-state index in [2.05, 4.69) is 0 Å². The first-order valence-corrected chi connectivity index (χ1v) is 5.10. The van der Waals surface area contributed by atoms with E-state index in [0.29, 0.717) is 6.04 Å². The minimum Gasteiger partial charge on any atom is -0.328 e. The zero-order valence-corrected chi connectivity index (χ0v) is 7.26. The van der Waals surface area contributed by atoms with Crippen LogP contribution in [0, 0.1) is 11.8 Å². The van der Waals surface area contributed by atoms with E-state index in [1.54, 1.807) is 0 Å². The number of hydrogen-bond donors (Lipinski definition) is 1. The fourth-order valence-electron chi connectivity index (χ4n) is 2.88. The predicted molar refractivity (Wildman–Crippen MR) is 47.3 cm³/mol. The van der Waals surface area contributed by atoms with Crippen molar-refractivity contribution in [1.82, 2.24) is 0 Å². The lowest BCUT2D eigenvalue weighted by Crippen LogP contribution is -2.25. The molecule has 2 N–H and O–H groups in total. The highest BCUT2D eigenvalue weighted by molar-refractivity contribution is 4.81. The van der Waals surface area contributed by atoms with E-state index in [9.17, 15) is 0 Å². The zero-order valence-electron chi connectivity index (χ0n) is 7.26. The molecule has 2 atom stereocenters. The van der Waals surface area contributed by atoms with Gasteiger partial charge in [0.2, 0.25) is 0 Å². The fourth-order valence-corrected chi connectivity index (χ4v) is 2.88. The Morgan fingerprint density at radius 3 is 1.91 bits per heavy atom. The Balaban J connectivity index is 2.04. The van der Waals surface area contributed by atoms with Crippen molar-refractivity contribution in [3.8, 4) is 0 Å². The molecule has 2 aliphatic carbocycles. The zero-order chi connectivity index (χ0) is 7.68. The molecule has 64 valence electrons. The van der Waals surface area contributed by atoms with Gasteiger partial charge >= 0.3 is 0 Å². The van der Waals surface area contributed by atoms with E-state index in [1.807, 2.05) is 0 Å². The van der Waals surface area contributed by atoms with Gasteiger partial charge in [0.15, 0.2) is 0 Å². The fraction of sp³-hybridized carbons (Fsp3) is 1.00. The Labute approximate surface area is 69.4 Å². The van der Waals surface area contributed by atoms with Crippen molar-refractivity contribution in [1.29, 1.82) is 0 Å². The van der Waals surface area contributed by atoms with Crippen molar-refractivity contribution in [2.75, 3.05) is 0 Å². The second-order valence-electron chi connectivity index (χ2n) is 4.47. The highest BCUT2D eigenvalue weighted by atomic mass is 14.6. The lowest BCUT2D eigenvalue weighted by molar-refractivity contribution is 0.357. The third-order valence-corrected chi connectivity index (χ3v) is 3.48. The van der Waals surface area contributed by atoms with E-state index in [1.165, 1.54) is 44.9 Å². The predicted octanol–water partition coefficient (Wildman–Crippen LogP) is 2.30. The molecular weight excluding hydrogens is 134 g/mol. The summed E-state index contributed by atoms with van der Waals surface area (Å²) in [7, 11) is 0. The average molecular weight is 153 g/mol. The van der Waals surface area contributed by atoms with Crippen LogP contribution in [0.2, 0.25) is 0 Å². The normalized spacial score (nSPS) is 45.0. The molecule has 0 aromatic carbocycles. The molecule has 11 heavy (non-hydrogen) atoms. The van der Waals surface area contributed by atoms with Gasteiger partial charge in [-0.3, -0.25) is 0 Å². The summed E-state index contributed by atoms with van der Waals surface area (Å²) in [5, 5.41) is 0. The van der Waals surface area contributed by atoms with Gasteiger partial charge in [0.05, 0.1) is 0 Å². The van der Waals surface area contributed by atoms with Crippen LogP contribution in [0.15, 0.2) is 0 Å². The molecule has 2 rings (SSSR count). The molecule has 2 saturated carbocycles. The molecule has 2 unspecified atom stereocenters. The second-order valence-corrected chi connectivity index (χ2v) is 4.47. The molecule has 2 fully saturated rings. The minimum absolute atomic E-state index is 0.535. The van der Waals surface area contributed by atoms with Gasteiger partial charge in [0, 0.05) is 6.04 Å². The maximum Gasteiger partial charge on any atom is 0.00441 e. The van der Waals surface area contributed by atoms with Crippen molar-refractivity contribution >= 4 is 0 Å². The molecule has 1 nitrogen and oxygen atoms in total. The molecule has 0 saturated heterocycles. The molecule has 0 aliphatic heterocycles. The Morgan fingerprint density at radius 1 is 0.818 bits per heavy atom.